The second-order valence-corrected chi connectivity index (χ2v) is 8.41. The van der Waals surface area contributed by atoms with Gasteiger partial charge in [0.1, 0.15) is 18.8 Å². The zero-order chi connectivity index (χ0) is 23.4. The van der Waals surface area contributed by atoms with E-state index in [0.717, 1.165) is 30.6 Å². The molecule has 4 rings (SSSR count). The number of quaternary nitrogens is 1. The number of Topliss-reactive ketones (excluding diaryl/α,β-unsaturated/α-hetero) is 1. The largest absolute Gasteiger partial charge is 0.872 e. The molecule has 0 spiro atoms. The van der Waals surface area contributed by atoms with Gasteiger partial charge in [-0.05, 0) is 35.2 Å². The number of amides is 1. The Labute approximate surface area is 194 Å². The summed E-state index contributed by atoms with van der Waals surface area (Å²) in [6.07, 6.45) is 0.883. The molecule has 33 heavy (non-hydrogen) atoms. The monoisotopic (exact) mass is 450 g/mol. The van der Waals surface area contributed by atoms with Crippen molar-refractivity contribution >= 4 is 17.4 Å². The second kappa shape index (κ2) is 10.2. The first-order valence-electron chi connectivity index (χ1n) is 11.4. The number of hydrogen-bond acceptors (Lipinski definition) is 5. The Kier molecular flexibility index (Phi) is 7.11. The lowest BCUT2D eigenvalue weighted by molar-refractivity contribution is -0.907. The molecule has 0 saturated carbocycles. The molecule has 7 nitrogen and oxygen atoms in total. The van der Waals surface area contributed by atoms with Crippen LogP contribution in [0.3, 0.4) is 0 Å². The quantitative estimate of drug-likeness (QED) is 0.375. The van der Waals surface area contributed by atoms with Crippen LogP contribution in [0.15, 0.2) is 54.1 Å². The number of hydrogen-bond donors (Lipinski definition) is 1. The van der Waals surface area contributed by atoms with Gasteiger partial charge in [0.15, 0.2) is 0 Å². The van der Waals surface area contributed by atoms with E-state index in [2.05, 4.69) is 6.92 Å². The van der Waals surface area contributed by atoms with Gasteiger partial charge >= 0.3 is 0 Å². The van der Waals surface area contributed by atoms with Crippen LogP contribution >= 0.6 is 0 Å². The Hall–Kier alpha value is -3.16. The van der Waals surface area contributed by atoms with E-state index in [1.807, 2.05) is 24.3 Å². The molecule has 2 aliphatic heterocycles. The Morgan fingerprint density at radius 1 is 1.09 bits per heavy atom. The molecule has 1 N–H and O–H groups in total. The highest BCUT2D eigenvalue weighted by Crippen LogP contribution is 2.38. The van der Waals surface area contributed by atoms with E-state index in [9.17, 15) is 14.7 Å². The molecule has 174 valence electrons. The lowest BCUT2D eigenvalue weighted by Crippen LogP contribution is -3.14. The molecular formula is C26H30N2O5. The molecule has 2 aromatic carbocycles. The van der Waals surface area contributed by atoms with E-state index in [0.29, 0.717) is 37.6 Å². The van der Waals surface area contributed by atoms with E-state index >= 15 is 0 Å². The molecule has 0 aromatic heterocycles. The summed E-state index contributed by atoms with van der Waals surface area (Å²) >= 11 is 0. The Bertz CT molecular complexity index is 1020. The maximum absolute atomic E-state index is 13.5. The third-order valence-corrected chi connectivity index (χ3v) is 6.49. The van der Waals surface area contributed by atoms with Crippen molar-refractivity contribution in [3.8, 4) is 5.75 Å². The summed E-state index contributed by atoms with van der Waals surface area (Å²) in [5.74, 6) is -1.12. The van der Waals surface area contributed by atoms with E-state index in [1.165, 1.54) is 4.90 Å². The number of carbonyl (C=O) groups is 2. The number of aryl methyl sites for hydroxylation is 1. The summed E-state index contributed by atoms with van der Waals surface area (Å²) in [7, 11) is 1.55. The van der Waals surface area contributed by atoms with Crippen molar-refractivity contribution < 1.29 is 29.1 Å². The van der Waals surface area contributed by atoms with E-state index in [1.54, 1.807) is 36.3 Å². The number of nitrogens with one attached hydrogen (secondary N) is 1. The lowest BCUT2D eigenvalue weighted by atomic mass is 9.94. The molecule has 2 fully saturated rings. The number of nitrogens with zero attached hydrogens (tertiary/aromatic N) is 1. The van der Waals surface area contributed by atoms with Gasteiger partial charge in [-0.3, -0.25) is 9.59 Å². The van der Waals surface area contributed by atoms with Gasteiger partial charge in [0.2, 0.25) is 5.78 Å². The van der Waals surface area contributed by atoms with Crippen LogP contribution in [0.4, 0.5) is 0 Å². The maximum atomic E-state index is 13.5. The zero-order valence-electron chi connectivity index (χ0n) is 19.1. The molecule has 0 bridgehead atoms. The van der Waals surface area contributed by atoms with Gasteiger partial charge in [-0.1, -0.05) is 49.1 Å². The van der Waals surface area contributed by atoms with E-state index in [-0.39, 0.29) is 5.57 Å². The number of ketones is 1. The topological polar surface area (TPSA) is 83.3 Å². The van der Waals surface area contributed by atoms with Crippen LogP contribution in [0.25, 0.3) is 5.76 Å². The normalized spacial score (nSPS) is 20.9. The second-order valence-electron chi connectivity index (χ2n) is 8.41. The van der Waals surface area contributed by atoms with Gasteiger partial charge in [-0.2, -0.15) is 0 Å². The van der Waals surface area contributed by atoms with Gasteiger partial charge in [0.25, 0.3) is 5.91 Å². The fraction of sp³-hybridized carbons (Fsp3) is 0.385. The smallest absolute Gasteiger partial charge is 0.295 e. The van der Waals surface area contributed by atoms with Crippen molar-refractivity contribution in [1.29, 1.82) is 0 Å². The zero-order valence-corrected chi connectivity index (χ0v) is 19.1. The molecule has 2 saturated heterocycles. The van der Waals surface area contributed by atoms with Crippen LogP contribution < -0.4 is 14.7 Å². The minimum absolute atomic E-state index is 0.0198. The molecule has 2 aliphatic rings. The van der Waals surface area contributed by atoms with Crippen molar-refractivity contribution in [2.24, 2.45) is 0 Å². The van der Waals surface area contributed by atoms with E-state index in [4.69, 9.17) is 9.47 Å². The third kappa shape index (κ3) is 4.79. The van der Waals surface area contributed by atoms with Gasteiger partial charge in [-0.15, -0.1) is 0 Å². The van der Waals surface area contributed by atoms with Crippen LogP contribution in [0.1, 0.15) is 29.7 Å². The van der Waals surface area contributed by atoms with Crippen molar-refractivity contribution in [2.45, 2.75) is 19.4 Å². The molecule has 7 heteroatoms. The molecule has 1 amide bonds. The van der Waals surface area contributed by atoms with E-state index < -0.39 is 23.5 Å². The number of benzene rings is 2. The Morgan fingerprint density at radius 2 is 1.76 bits per heavy atom. The standard InChI is InChI=1S/C26H30N2O5/c1-3-18-4-6-19(7-5-18)23-22(24(29)20-8-10-21(32-2)11-9-20)25(30)26(31)28(23)13-12-27-14-16-33-17-15-27/h4-11,23,29H,3,12-17H2,1-2H3. The van der Waals surface area contributed by atoms with Crippen LogP contribution in [0.2, 0.25) is 0 Å². The van der Waals surface area contributed by atoms with Crippen LogP contribution in [0.5, 0.6) is 5.75 Å². The van der Waals surface area contributed by atoms with Crippen molar-refractivity contribution in [2.75, 3.05) is 46.5 Å². The fourth-order valence-corrected chi connectivity index (χ4v) is 4.47. The summed E-state index contributed by atoms with van der Waals surface area (Å²) in [6, 6.07) is 13.8. The van der Waals surface area contributed by atoms with Crippen molar-refractivity contribution in [3.63, 3.8) is 0 Å². The molecule has 0 radical (unpaired) electrons. The molecule has 2 aromatic rings. The first-order valence-corrected chi connectivity index (χ1v) is 11.4. The maximum Gasteiger partial charge on any atom is 0.295 e. The lowest BCUT2D eigenvalue weighted by Gasteiger charge is -2.30. The Morgan fingerprint density at radius 3 is 2.36 bits per heavy atom. The molecular weight excluding hydrogens is 420 g/mol. The van der Waals surface area contributed by atoms with Gasteiger partial charge in [0, 0.05) is 5.57 Å². The average Bonchev–Trinajstić information content (AvgIpc) is 3.12. The SMILES string of the molecule is CCc1ccc(C2C(=C([O-])c3ccc(OC)cc3)C(=O)C(=O)N2CC[NH+]2CCOCC2)cc1. The summed E-state index contributed by atoms with van der Waals surface area (Å²) in [4.78, 5) is 29.1. The predicted octanol–water partition coefficient (Wildman–Crippen LogP) is 0.397. The third-order valence-electron chi connectivity index (χ3n) is 6.49. The highest BCUT2D eigenvalue weighted by atomic mass is 16.5. The Balaban J connectivity index is 1.72. The van der Waals surface area contributed by atoms with Gasteiger partial charge in [0.05, 0.1) is 39.5 Å². The number of morpholine rings is 1. The van der Waals surface area contributed by atoms with Crippen molar-refractivity contribution in [3.05, 3.63) is 70.8 Å². The van der Waals surface area contributed by atoms with Crippen LogP contribution in [0, 0.1) is 0 Å². The first-order chi connectivity index (χ1) is 16.0. The summed E-state index contributed by atoms with van der Waals surface area (Å²) in [5, 5.41) is 13.5. The average molecular weight is 451 g/mol. The number of methoxy groups -OCH3 is 1. The van der Waals surface area contributed by atoms with Crippen LogP contribution in [-0.4, -0.2) is 63.1 Å². The fourth-order valence-electron chi connectivity index (χ4n) is 4.47. The van der Waals surface area contributed by atoms with Gasteiger partial charge < -0.3 is 24.4 Å². The predicted molar refractivity (Wildman–Crippen MR) is 122 cm³/mol. The molecule has 2 heterocycles. The highest BCUT2D eigenvalue weighted by molar-refractivity contribution is 6.46. The number of carbonyl (C=O) groups excluding carboxylic acids is 2. The minimum Gasteiger partial charge on any atom is -0.872 e. The van der Waals surface area contributed by atoms with Gasteiger partial charge in [-0.25, -0.2) is 0 Å². The first kappa shape index (κ1) is 23.0. The number of ether oxygens (including phenoxy) is 2. The number of likely N-dealkylation sites (tertiary alicyclic amines) is 1. The number of rotatable bonds is 7. The summed E-state index contributed by atoms with van der Waals surface area (Å²) in [6.45, 7) is 6.30. The minimum atomic E-state index is -0.711. The van der Waals surface area contributed by atoms with Crippen molar-refractivity contribution in [1.82, 2.24) is 4.90 Å². The highest BCUT2D eigenvalue weighted by Gasteiger charge is 2.44. The summed E-state index contributed by atoms with van der Waals surface area (Å²) in [5.41, 5.74) is 2.32. The summed E-state index contributed by atoms with van der Waals surface area (Å²) < 4.78 is 10.6. The molecule has 1 atom stereocenters. The van der Waals surface area contributed by atoms with Crippen LogP contribution in [-0.2, 0) is 20.7 Å². The molecule has 0 aliphatic carbocycles. The molecule has 1 unspecified atom stereocenters.